The van der Waals surface area contributed by atoms with E-state index in [9.17, 15) is 4.79 Å². The normalized spacial score (nSPS) is 15.1. The molecule has 0 N–H and O–H groups in total. The first-order valence-corrected chi connectivity index (χ1v) is 9.63. The molecule has 1 fully saturated rings. The summed E-state index contributed by atoms with van der Waals surface area (Å²) in [5, 5.41) is 8.80. The van der Waals surface area contributed by atoms with Gasteiger partial charge in [-0.2, -0.15) is 0 Å². The van der Waals surface area contributed by atoms with Crippen molar-refractivity contribution in [2.45, 2.75) is 26.7 Å². The summed E-state index contributed by atoms with van der Waals surface area (Å²) in [7, 11) is 2.01. The fourth-order valence-corrected chi connectivity index (χ4v) is 3.19. The summed E-state index contributed by atoms with van der Waals surface area (Å²) in [6, 6.07) is 10.3. The average Bonchev–Trinajstić information content (AvgIpc) is 2.87. The topological polar surface area (TPSA) is 63.5 Å². The number of anilines is 1. The average molecular weight is 371 g/mol. The summed E-state index contributed by atoms with van der Waals surface area (Å²) in [4.78, 5) is 16.2. The third-order valence-corrected chi connectivity index (χ3v) is 4.72. The van der Waals surface area contributed by atoms with Crippen LogP contribution < -0.4 is 4.90 Å². The molecular weight excluding hydrogens is 342 g/mol. The summed E-state index contributed by atoms with van der Waals surface area (Å²) in [6.07, 6.45) is 1.43. The van der Waals surface area contributed by atoms with Gasteiger partial charge in [0.25, 0.3) is 0 Å². The number of ether oxygens (including phenoxy) is 1. The lowest BCUT2D eigenvalue weighted by Gasteiger charge is -2.22. The summed E-state index contributed by atoms with van der Waals surface area (Å²) < 4.78 is 7.42. The predicted octanol–water partition coefficient (Wildman–Crippen LogP) is 2.71. The maximum atomic E-state index is 12.2. The fraction of sp³-hybridized carbons (Fsp3) is 0.550. The second-order valence-corrected chi connectivity index (χ2v) is 7.44. The van der Waals surface area contributed by atoms with Crippen molar-refractivity contribution in [3.63, 3.8) is 0 Å². The van der Waals surface area contributed by atoms with Crippen LogP contribution in [0.4, 0.5) is 10.7 Å². The molecule has 0 aliphatic carbocycles. The molecule has 1 aliphatic rings. The molecule has 1 aromatic heterocycles. The highest BCUT2D eigenvalue weighted by molar-refractivity contribution is 5.67. The molecule has 146 valence electrons. The zero-order chi connectivity index (χ0) is 19.2. The minimum absolute atomic E-state index is 0.215. The van der Waals surface area contributed by atoms with E-state index < -0.39 is 0 Å². The molecule has 0 radical (unpaired) electrons. The van der Waals surface area contributed by atoms with E-state index in [0.29, 0.717) is 25.6 Å². The first-order chi connectivity index (χ1) is 13.0. The van der Waals surface area contributed by atoms with Crippen molar-refractivity contribution >= 4 is 12.0 Å². The fourth-order valence-electron chi connectivity index (χ4n) is 3.19. The lowest BCUT2D eigenvalue weighted by molar-refractivity contribution is 0.0943. The van der Waals surface area contributed by atoms with Crippen molar-refractivity contribution in [2.24, 2.45) is 13.0 Å². The van der Waals surface area contributed by atoms with Gasteiger partial charge in [-0.3, -0.25) is 0 Å². The number of aromatic nitrogens is 3. The maximum absolute atomic E-state index is 12.2. The standard InChI is InChI=1S/C20H29N5O2/c1-16(2)15-27-20(26)25-11-7-10-24(12-13-25)19-22-21-18(23(19)3)14-17-8-5-4-6-9-17/h4-6,8-9,16H,7,10-15H2,1-3H3. The van der Waals surface area contributed by atoms with Gasteiger partial charge in [0.15, 0.2) is 0 Å². The van der Waals surface area contributed by atoms with Crippen LogP contribution in [0.2, 0.25) is 0 Å². The summed E-state index contributed by atoms with van der Waals surface area (Å²) in [6.45, 7) is 7.47. The van der Waals surface area contributed by atoms with Crippen LogP contribution in [0.5, 0.6) is 0 Å². The Hall–Kier alpha value is -2.57. The van der Waals surface area contributed by atoms with E-state index >= 15 is 0 Å². The van der Waals surface area contributed by atoms with E-state index in [1.165, 1.54) is 5.56 Å². The highest BCUT2D eigenvalue weighted by atomic mass is 16.6. The summed E-state index contributed by atoms with van der Waals surface area (Å²) in [5.41, 5.74) is 1.22. The molecule has 7 nitrogen and oxygen atoms in total. The number of hydrogen-bond donors (Lipinski definition) is 0. The van der Waals surface area contributed by atoms with Gasteiger partial charge in [-0.1, -0.05) is 44.2 Å². The molecule has 2 aromatic rings. The Morgan fingerprint density at radius 3 is 2.63 bits per heavy atom. The van der Waals surface area contributed by atoms with E-state index in [1.54, 1.807) is 4.90 Å². The number of hydrogen-bond acceptors (Lipinski definition) is 5. The van der Waals surface area contributed by atoms with Crippen LogP contribution in [0.25, 0.3) is 0 Å². The van der Waals surface area contributed by atoms with E-state index in [1.807, 2.05) is 39.1 Å². The molecule has 1 aromatic carbocycles. The highest BCUT2D eigenvalue weighted by Gasteiger charge is 2.23. The number of benzene rings is 1. The van der Waals surface area contributed by atoms with Gasteiger partial charge >= 0.3 is 6.09 Å². The van der Waals surface area contributed by atoms with E-state index in [0.717, 1.165) is 37.7 Å². The molecule has 1 saturated heterocycles. The first-order valence-electron chi connectivity index (χ1n) is 9.63. The third kappa shape index (κ3) is 4.99. The minimum atomic E-state index is -0.215. The third-order valence-electron chi connectivity index (χ3n) is 4.72. The van der Waals surface area contributed by atoms with Crippen LogP contribution in [-0.2, 0) is 18.2 Å². The second kappa shape index (κ2) is 8.88. The number of nitrogens with zero attached hydrogens (tertiary/aromatic N) is 5. The van der Waals surface area contributed by atoms with Gasteiger partial charge in [0.2, 0.25) is 5.95 Å². The molecule has 0 saturated carbocycles. The SMILES string of the molecule is CC(C)COC(=O)N1CCCN(c2nnc(Cc3ccccc3)n2C)CC1. The van der Waals surface area contributed by atoms with E-state index in [2.05, 4.69) is 31.8 Å². The van der Waals surface area contributed by atoms with Gasteiger partial charge in [-0.25, -0.2) is 4.79 Å². The van der Waals surface area contributed by atoms with Crippen molar-refractivity contribution in [2.75, 3.05) is 37.7 Å². The maximum Gasteiger partial charge on any atom is 0.409 e. The second-order valence-electron chi connectivity index (χ2n) is 7.44. The molecule has 27 heavy (non-hydrogen) atoms. The lowest BCUT2D eigenvalue weighted by atomic mass is 10.1. The number of carbonyl (C=O) groups is 1. The number of rotatable bonds is 5. The van der Waals surface area contributed by atoms with Crippen LogP contribution >= 0.6 is 0 Å². The Labute approximate surface area is 160 Å². The monoisotopic (exact) mass is 371 g/mol. The van der Waals surface area contributed by atoms with Crippen molar-refractivity contribution in [3.05, 3.63) is 41.7 Å². The Morgan fingerprint density at radius 2 is 1.89 bits per heavy atom. The Balaban J connectivity index is 1.61. The summed E-state index contributed by atoms with van der Waals surface area (Å²) in [5.74, 6) is 2.14. The quantitative estimate of drug-likeness (QED) is 0.809. The number of amides is 1. The van der Waals surface area contributed by atoms with E-state index in [4.69, 9.17) is 4.74 Å². The van der Waals surface area contributed by atoms with Crippen LogP contribution in [0, 0.1) is 5.92 Å². The predicted molar refractivity (Wildman–Crippen MR) is 105 cm³/mol. The van der Waals surface area contributed by atoms with Crippen molar-refractivity contribution in [1.82, 2.24) is 19.7 Å². The van der Waals surface area contributed by atoms with Crippen LogP contribution in [0.3, 0.4) is 0 Å². The molecule has 0 spiro atoms. The van der Waals surface area contributed by atoms with Crippen LogP contribution in [0.1, 0.15) is 31.7 Å². The molecule has 0 bridgehead atoms. The molecule has 3 rings (SSSR count). The van der Waals surface area contributed by atoms with E-state index in [-0.39, 0.29) is 6.09 Å². The highest BCUT2D eigenvalue weighted by Crippen LogP contribution is 2.17. The van der Waals surface area contributed by atoms with Gasteiger partial charge in [0.1, 0.15) is 5.82 Å². The Kier molecular flexibility index (Phi) is 6.32. The van der Waals surface area contributed by atoms with Gasteiger partial charge < -0.3 is 19.1 Å². The molecular formula is C20H29N5O2. The zero-order valence-electron chi connectivity index (χ0n) is 16.5. The molecule has 7 heteroatoms. The van der Waals surface area contributed by atoms with Crippen LogP contribution in [-0.4, -0.2) is 58.5 Å². The smallest absolute Gasteiger partial charge is 0.409 e. The Bertz CT molecular complexity index is 744. The lowest BCUT2D eigenvalue weighted by Crippen LogP contribution is -2.36. The van der Waals surface area contributed by atoms with Crippen molar-refractivity contribution in [1.29, 1.82) is 0 Å². The molecule has 2 heterocycles. The first kappa shape index (κ1) is 19.2. The largest absolute Gasteiger partial charge is 0.449 e. The molecule has 0 unspecified atom stereocenters. The van der Waals surface area contributed by atoms with Gasteiger partial charge in [-0.05, 0) is 17.9 Å². The Morgan fingerprint density at radius 1 is 1.11 bits per heavy atom. The van der Waals surface area contributed by atoms with Crippen LogP contribution in [0.15, 0.2) is 30.3 Å². The minimum Gasteiger partial charge on any atom is -0.449 e. The number of carbonyl (C=O) groups excluding carboxylic acids is 1. The van der Waals surface area contributed by atoms with Gasteiger partial charge in [0, 0.05) is 39.6 Å². The summed E-state index contributed by atoms with van der Waals surface area (Å²) >= 11 is 0. The zero-order valence-corrected chi connectivity index (χ0v) is 16.5. The molecule has 1 amide bonds. The van der Waals surface area contributed by atoms with Crippen molar-refractivity contribution in [3.8, 4) is 0 Å². The van der Waals surface area contributed by atoms with Crippen molar-refractivity contribution < 1.29 is 9.53 Å². The van der Waals surface area contributed by atoms with Gasteiger partial charge in [-0.15, -0.1) is 10.2 Å². The molecule has 1 aliphatic heterocycles. The van der Waals surface area contributed by atoms with Gasteiger partial charge in [0.05, 0.1) is 6.61 Å². The molecule has 0 atom stereocenters.